The van der Waals surface area contributed by atoms with Crippen molar-refractivity contribution in [1.82, 2.24) is 5.32 Å². The molecular formula is C12H15ClN2O3. The Kier molecular flexibility index (Phi) is 4.97. The number of aromatic carboxylic acids is 1. The van der Waals surface area contributed by atoms with Crippen molar-refractivity contribution in [3.8, 4) is 0 Å². The SMILES string of the molecule is CC(C)CNC(=O)Nc1ccc(Cl)cc1C(=O)O. The lowest BCUT2D eigenvalue weighted by molar-refractivity contribution is 0.0698. The molecule has 1 aromatic rings. The standard InChI is InChI=1S/C12H15ClN2O3/c1-7(2)6-14-12(18)15-10-4-3-8(13)5-9(10)11(16)17/h3-5,7H,6H2,1-2H3,(H,16,17)(H2,14,15,18). The van der Waals surface area contributed by atoms with E-state index in [9.17, 15) is 9.59 Å². The maximum absolute atomic E-state index is 11.5. The van der Waals surface area contributed by atoms with E-state index in [2.05, 4.69) is 10.6 Å². The molecule has 1 rings (SSSR count). The first kappa shape index (κ1) is 14.3. The van der Waals surface area contributed by atoms with E-state index in [0.717, 1.165) is 0 Å². The number of carboxylic acid groups (broad SMARTS) is 1. The highest BCUT2D eigenvalue weighted by atomic mass is 35.5. The van der Waals surface area contributed by atoms with Gasteiger partial charge >= 0.3 is 12.0 Å². The van der Waals surface area contributed by atoms with E-state index in [4.69, 9.17) is 16.7 Å². The Bertz CT molecular complexity index is 461. The van der Waals surface area contributed by atoms with Gasteiger partial charge in [-0.25, -0.2) is 9.59 Å². The number of carboxylic acids is 1. The van der Waals surface area contributed by atoms with E-state index in [1.54, 1.807) is 0 Å². The van der Waals surface area contributed by atoms with E-state index in [1.165, 1.54) is 18.2 Å². The van der Waals surface area contributed by atoms with Crippen molar-refractivity contribution in [1.29, 1.82) is 0 Å². The van der Waals surface area contributed by atoms with Crippen molar-refractivity contribution >= 4 is 29.3 Å². The fourth-order valence-corrected chi connectivity index (χ4v) is 1.44. The van der Waals surface area contributed by atoms with E-state index in [-0.39, 0.29) is 11.3 Å². The van der Waals surface area contributed by atoms with Gasteiger partial charge in [-0.15, -0.1) is 0 Å². The maximum atomic E-state index is 11.5. The Morgan fingerprint density at radius 1 is 1.39 bits per heavy atom. The Hall–Kier alpha value is -1.75. The summed E-state index contributed by atoms with van der Waals surface area (Å²) in [6, 6.07) is 3.84. The number of halogens is 1. The highest BCUT2D eigenvalue weighted by molar-refractivity contribution is 6.31. The Labute approximate surface area is 110 Å². The average Bonchev–Trinajstić information content (AvgIpc) is 2.28. The smallest absolute Gasteiger partial charge is 0.337 e. The monoisotopic (exact) mass is 270 g/mol. The number of hydrogen-bond donors (Lipinski definition) is 3. The van der Waals surface area contributed by atoms with Crippen LogP contribution in [0.5, 0.6) is 0 Å². The molecular weight excluding hydrogens is 256 g/mol. The van der Waals surface area contributed by atoms with Crippen LogP contribution >= 0.6 is 11.6 Å². The molecule has 0 atom stereocenters. The average molecular weight is 271 g/mol. The third-order valence-corrected chi connectivity index (χ3v) is 2.37. The lowest BCUT2D eigenvalue weighted by Gasteiger charge is -2.11. The summed E-state index contributed by atoms with van der Waals surface area (Å²) in [5.41, 5.74) is 0.176. The summed E-state index contributed by atoms with van der Waals surface area (Å²) < 4.78 is 0. The summed E-state index contributed by atoms with van der Waals surface area (Å²) in [6.07, 6.45) is 0. The number of anilines is 1. The van der Waals surface area contributed by atoms with Crippen LogP contribution in [0.15, 0.2) is 18.2 Å². The second-order valence-electron chi connectivity index (χ2n) is 4.22. The van der Waals surface area contributed by atoms with Crippen LogP contribution < -0.4 is 10.6 Å². The molecule has 3 N–H and O–H groups in total. The molecule has 18 heavy (non-hydrogen) atoms. The first-order valence-electron chi connectivity index (χ1n) is 5.48. The minimum absolute atomic E-state index is 0.0396. The molecule has 0 fully saturated rings. The van der Waals surface area contributed by atoms with Gasteiger partial charge in [0, 0.05) is 11.6 Å². The van der Waals surface area contributed by atoms with Crippen molar-refractivity contribution in [2.24, 2.45) is 5.92 Å². The van der Waals surface area contributed by atoms with Crippen molar-refractivity contribution in [3.63, 3.8) is 0 Å². The minimum Gasteiger partial charge on any atom is -0.478 e. The molecule has 0 aromatic heterocycles. The van der Waals surface area contributed by atoms with E-state index in [1.807, 2.05) is 13.8 Å². The molecule has 98 valence electrons. The molecule has 2 amide bonds. The lowest BCUT2D eigenvalue weighted by Crippen LogP contribution is -2.32. The predicted octanol–water partition coefficient (Wildman–Crippen LogP) is 2.82. The van der Waals surface area contributed by atoms with Gasteiger partial charge in [-0.2, -0.15) is 0 Å². The predicted molar refractivity (Wildman–Crippen MR) is 70.3 cm³/mol. The summed E-state index contributed by atoms with van der Waals surface area (Å²) in [4.78, 5) is 22.5. The first-order valence-corrected chi connectivity index (χ1v) is 5.85. The molecule has 0 spiro atoms. The zero-order valence-corrected chi connectivity index (χ0v) is 10.9. The topological polar surface area (TPSA) is 78.4 Å². The summed E-state index contributed by atoms with van der Waals surface area (Å²) in [7, 11) is 0. The molecule has 0 radical (unpaired) electrons. The largest absolute Gasteiger partial charge is 0.478 e. The fourth-order valence-electron chi connectivity index (χ4n) is 1.27. The fraction of sp³-hybridized carbons (Fsp3) is 0.333. The summed E-state index contributed by atoms with van der Waals surface area (Å²) in [6.45, 7) is 4.44. The van der Waals surface area contributed by atoms with Gasteiger partial charge in [0.2, 0.25) is 0 Å². The number of nitrogens with one attached hydrogen (secondary N) is 2. The molecule has 0 bridgehead atoms. The number of benzene rings is 1. The molecule has 5 nitrogen and oxygen atoms in total. The minimum atomic E-state index is -1.14. The van der Waals surface area contributed by atoms with Crippen molar-refractivity contribution < 1.29 is 14.7 Å². The van der Waals surface area contributed by atoms with Gasteiger partial charge in [-0.1, -0.05) is 25.4 Å². The van der Waals surface area contributed by atoms with Crippen LogP contribution in [0, 0.1) is 5.92 Å². The molecule has 0 unspecified atom stereocenters. The Balaban J connectivity index is 2.78. The number of hydrogen-bond acceptors (Lipinski definition) is 2. The van der Waals surface area contributed by atoms with Crippen LogP contribution in [-0.4, -0.2) is 23.7 Å². The summed E-state index contributed by atoms with van der Waals surface area (Å²) in [5, 5.41) is 14.4. The van der Waals surface area contributed by atoms with Gasteiger partial charge in [0.25, 0.3) is 0 Å². The van der Waals surface area contributed by atoms with Gasteiger partial charge in [0.05, 0.1) is 11.3 Å². The van der Waals surface area contributed by atoms with Crippen LogP contribution in [0.2, 0.25) is 5.02 Å². The van der Waals surface area contributed by atoms with Crippen molar-refractivity contribution in [3.05, 3.63) is 28.8 Å². The van der Waals surface area contributed by atoms with E-state index >= 15 is 0 Å². The third-order valence-electron chi connectivity index (χ3n) is 2.13. The van der Waals surface area contributed by atoms with Gasteiger partial charge in [-0.05, 0) is 24.1 Å². The van der Waals surface area contributed by atoms with Gasteiger partial charge < -0.3 is 15.7 Å². The first-order chi connectivity index (χ1) is 8.40. The number of carbonyl (C=O) groups excluding carboxylic acids is 1. The molecule has 0 saturated carbocycles. The zero-order chi connectivity index (χ0) is 13.7. The quantitative estimate of drug-likeness (QED) is 0.787. The van der Waals surface area contributed by atoms with Gasteiger partial charge in [-0.3, -0.25) is 0 Å². The number of carbonyl (C=O) groups is 2. The highest BCUT2D eigenvalue weighted by Crippen LogP contribution is 2.20. The Morgan fingerprint density at radius 2 is 2.06 bits per heavy atom. The van der Waals surface area contributed by atoms with Crippen LogP contribution in [0.4, 0.5) is 10.5 Å². The summed E-state index contributed by atoms with van der Waals surface area (Å²) in [5.74, 6) is -0.823. The summed E-state index contributed by atoms with van der Waals surface area (Å²) >= 11 is 5.71. The van der Waals surface area contributed by atoms with E-state index in [0.29, 0.717) is 17.5 Å². The van der Waals surface area contributed by atoms with Crippen LogP contribution in [0.1, 0.15) is 24.2 Å². The second kappa shape index (κ2) is 6.26. The number of amides is 2. The zero-order valence-electron chi connectivity index (χ0n) is 10.2. The molecule has 0 aliphatic carbocycles. The molecule has 0 aliphatic rings. The molecule has 0 saturated heterocycles. The van der Waals surface area contributed by atoms with Gasteiger partial charge in [0.15, 0.2) is 0 Å². The van der Waals surface area contributed by atoms with E-state index < -0.39 is 12.0 Å². The van der Waals surface area contributed by atoms with Crippen LogP contribution in [0.25, 0.3) is 0 Å². The number of urea groups is 1. The van der Waals surface area contributed by atoms with Crippen molar-refractivity contribution in [2.45, 2.75) is 13.8 Å². The molecule has 0 aliphatic heterocycles. The Morgan fingerprint density at radius 3 is 2.61 bits per heavy atom. The maximum Gasteiger partial charge on any atom is 0.337 e. The molecule has 6 heteroatoms. The number of rotatable bonds is 4. The van der Waals surface area contributed by atoms with Gasteiger partial charge in [0.1, 0.15) is 0 Å². The van der Waals surface area contributed by atoms with Crippen LogP contribution in [-0.2, 0) is 0 Å². The molecule has 1 aromatic carbocycles. The lowest BCUT2D eigenvalue weighted by atomic mass is 10.2. The highest BCUT2D eigenvalue weighted by Gasteiger charge is 2.13. The normalized spacial score (nSPS) is 10.2. The molecule has 0 heterocycles. The van der Waals surface area contributed by atoms with Crippen LogP contribution in [0.3, 0.4) is 0 Å². The van der Waals surface area contributed by atoms with Crippen molar-refractivity contribution in [2.75, 3.05) is 11.9 Å². The second-order valence-corrected chi connectivity index (χ2v) is 4.66. The third kappa shape index (κ3) is 4.25.